The molecule has 3 nitrogen and oxygen atoms in total. The molecule has 0 fully saturated rings. The second kappa shape index (κ2) is 7.63. The van der Waals surface area contributed by atoms with Crippen LogP contribution < -0.4 is 0 Å². The summed E-state index contributed by atoms with van der Waals surface area (Å²) in [4.78, 5) is 11.9. The van der Waals surface area contributed by atoms with Gasteiger partial charge in [-0.05, 0) is 49.5 Å². The van der Waals surface area contributed by atoms with Crippen LogP contribution in [0.15, 0.2) is 46.2 Å². The van der Waals surface area contributed by atoms with Gasteiger partial charge in [-0.15, -0.1) is 0 Å². The number of rotatable bonds is 5. The first-order valence-corrected chi connectivity index (χ1v) is 8.22. The van der Waals surface area contributed by atoms with Crippen molar-refractivity contribution in [1.82, 2.24) is 0 Å². The zero-order valence-electron chi connectivity index (χ0n) is 13.2. The summed E-state index contributed by atoms with van der Waals surface area (Å²) in [7, 11) is 1.38. The van der Waals surface area contributed by atoms with Crippen LogP contribution in [0, 0.1) is 5.92 Å². The molecule has 0 amide bonds. The first kappa shape index (κ1) is 16.8. The molecule has 0 saturated carbocycles. The largest absolute Gasteiger partial charge is 0.489 e. The number of allylic oxidation sites excluding steroid dienone is 3. The third-order valence-corrected chi connectivity index (χ3v) is 4.67. The molecule has 1 aromatic carbocycles. The van der Waals surface area contributed by atoms with Crippen LogP contribution in [0.3, 0.4) is 0 Å². The molecule has 0 aromatic heterocycles. The zero-order valence-corrected chi connectivity index (χ0v) is 14.8. The second-order valence-corrected chi connectivity index (χ2v) is 6.28. The molecule has 1 aromatic rings. The van der Waals surface area contributed by atoms with Crippen LogP contribution in [-0.4, -0.2) is 13.1 Å². The summed E-state index contributed by atoms with van der Waals surface area (Å²) in [5.41, 5.74) is 2.59. The smallest absolute Gasteiger partial charge is 0.338 e. The highest BCUT2D eigenvalue weighted by Gasteiger charge is 2.17. The van der Waals surface area contributed by atoms with Crippen LogP contribution in [0.5, 0.6) is 0 Å². The topological polar surface area (TPSA) is 35.5 Å². The molecule has 1 aliphatic rings. The molecule has 0 spiro atoms. The Bertz CT molecular complexity index is 617. The lowest BCUT2D eigenvalue weighted by molar-refractivity contribution is 0.0596. The number of esters is 1. The molecule has 0 radical (unpaired) electrons. The maximum absolute atomic E-state index is 11.9. The second-order valence-electron chi connectivity index (χ2n) is 5.42. The van der Waals surface area contributed by atoms with Crippen LogP contribution in [0.1, 0.15) is 42.6 Å². The molecular weight excluding hydrogens is 344 g/mol. The first-order chi connectivity index (χ1) is 10.6. The number of methoxy groups -OCH3 is 1. The standard InChI is InChI=1S/C18H21BrO3/c1-4-13-8-9-17(12(2)10-13)22-11-15-14(18(20)21-3)6-5-7-16(15)19/h5-9,13H,4,10-11H2,1-3H3. The summed E-state index contributed by atoms with van der Waals surface area (Å²) in [5, 5.41) is 0. The molecule has 0 aliphatic heterocycles. The van der Waals surface area contributed by atoms with E-state index in [1.165, 1.54) is 12.7 Å². The Morgan fingerprint density at radius 1 is 1.41 bits per heavy atom. The van der Waals surface area contributed by atoms with E-state index in [2.05, 4.69) is 35.9 Å². The van der Waals surface area contributed by atoms with Gasteiger partial charge in [0.25, 0.3) is 0 Å². The highest BCUT2D eigenvalue weighted by Crippen LogP contribution is 2.28. The van der Waals surface area contributed by atoms with Crippen molar-refractivity contribution >= 4 is 21.9 Å². The Morgan fingerprint density at radius 2 is 2.18 bits per heavy atom. The van der Waals surface area contributed by atoms with Gasteiger partial charge in [-0.2, -0.15) is 0 Å². The Morgan fingerprint density at radius 3 is 2.82 bits per heavy atom. The van der Waals surface area contributed by atoms with Crippen molar-refractivity contribution in [3.05, 3.63) is 57.3 Å². The van der Waals surface area contributed by atoms with E-state index in [1.54, 1.807) is 6.07 Å². The number of halogens is 1. The summed E-state index contributed by atoms with van der Waals surface area (Å²) in [6, 6.07) is 5.47. The summed E-state index contributed by atoms with van der Waals surface area (Å²) in [6.45, 7) is 4.63. The van der Waals surface area contributed by atoms with Crippen molar-refractivity contribution in [2.24, 2.45) is 5.92 Å². The number of hydrogen-bond acceptors (Lipinski definition) is 3. The minimum atomic E-state index is -0.351. The van der Waals surface area contributed by atoms with Gasteiger partial charge in [-0.25, -0.2) is 4.79 Å². The highest BCUT2D eigenvalue weighted by atomic mass is 79.9. The molecule has 1 atom stereocenters. The average Bonchev–Trinajstić information content (AvgIpc) is 2.53. The quantitative estimate of drug-likeness (QED) is 0.688. The van der Waals surface area contributed by atoms with Crippen molar-refractivity contribution in [2.45, 2.75) is 33.3 Å². The number of ether oxygens (including phenoxy) is 2. The Balaban J connectivity index is 2.16. The summed E-state index contributed by atoms with van der Waals surface area (Å²) < 4.78 is 11.6. The van der Waals surface area contributed by atoms with Gasteiger partial charge in [0.2, 0.25) is 0 Å². The van der Waals surface area contributed by atoms with Gasteiger partial charge in [-0.1, -0.05) is 35.0 Å². The Hall–Kier alpha value is -1.55. The SMILES string of the molecule is CCC1C=CC(OCc2c(Br)cccc2C(=O)OC)=C(C)C1. The predicted octanol–water partition coefficient (Wildman–Crippen LogP) is 5.01. The molecule has 0 saturated heterocycles. The molecule has 1 aliphatic carbocycles. The van der Waals surface area contributed by atoms with Crippen LogP contribution in [-0.2, 0) is 16.1 Å². The summed E-state index contributed by atoms with van der Waals surface area (Å²) >= 11 is 3.48. The lowest BCUT2D eigenvalue weighted by atomic mass is 9.92. The molecular formula is C18H21BrO3. The number of hydrogen-bond donors (Lipinski definition) is 0. The van der Waals surface area contributed by atoms with Crippen LogP contribution in [0.25, 0.3) is 0 Å². The van der Waals surface area contributed by atoms with E-state index < -0.39 is 0 Å². The van der Waals surface area contributed by atoms with Crippen molar-refractivity contribution in [2.75, 3.05) is 7.11 Å². The van der Waals surface area contributed by atoms with E-state index >= 15 is 0 Å². The monoisotopic (exact) mass is 364 g/mol. The molecule has 2 rings (SSSR count). The van der Waals surface area contributed by atoms with Gasteiger partial charge < -0.3 is 9.47 Å². The molecule has 0 N–H and O–H groups in total. The minimum absolute atomic E-state index is 0.333. The van der Waals surface area contributed by atoms with E-state index in [0.717, 1.165) is 28.6 Å². The van der Waals surface area contributed by atoms with E-state index in [4.69, 9.17) is 9.47 Å². The van der Waals surface area contributed by atoms with Crippen molar-refractivity contribution in [3.63, 3.8) is 0 Å². The third-order valence-electron chi connectivity index (χ3n) is 3.93. The Kier molecular flexibility index (Phi) is 5.83. The van der Waals surface area contributed by atoms with Crippen molar-refractivity contribution in [3.8, 4) is 0 Å². The van der Waals surface area contributed by atoms with Crippen LogP contribution >= 0.6 is 15.9 Å². The zero-order chi connectivity index (χ0) is 16.1. The molecule has 22 heavy (non-hydrogen) atoms. The average molecular weight is 365 g/mol. The first-order valence-electron chi connectivity index (χ1n) is 7.43. The van der Waals surface area contributed by atoms with E-state index in [1.807, 2.05) is 18.2 Å². The lowest BCUT2D eigenvalue weighted by Gasteiger charge is -2.20. The maximum Gasteiger partial charge on any atom is 0.338 e. The number of carbonyl (C=O) groups excluding carboxylic acids is 1. The normalized spacial score (nSPS) is 17.5. The van der Waals surface area contributed by atoms with Crippen LogP contribution in [0.2, 0.25) is 0 Å². The summed E-state index contributed by atoms with van der Waals surface area (Å²) in [5.74, 6) is 1.15. The summed E-state index contributed by atoms with van der Waals surface area (Å²) in [6.07, 6.45) is 6.41. The van der Waals surface area contributed by atoms with Gasteiger partial charge in [0.1, 0.15) is 12.4 Å². The molecule has 4 heteroatoms. The van der Waals surface area contributed by atoms with Crippen LogP contribution in [0.4, 0.5) is 0 Å². The fraction of sp³-hybridized carbons (Fsp3) is 0.389. The van der Waals surface area contributed by atoms with Gasteiger partial charge in [-0.3, -0.25) is 0 Å². The Labute approximate surface area is 140 Å². The van der Waals surface area contributed by atoms with E-state index in [9.17, 15) is 4.79 Å². The molecule has 1 unspecified atom stereocenters. The van der Waals surface area contributed by atoms with Crippen molar-refractivity contribution in [1.29, 1.82) is 0 Å². The molecule has 0 heterocycles. The van der Waals surface area contributed by atoms with Gasteiger partial charge in [0, 0.05) is 10.0 Å². The van der Waals surface area contributed by atoms with Gasteiger partial charge in [0.05, 0.1) is 12.7 Å². The van der Waals surface area contributed by atoms with E-state index in [0.29, 0.717) is 18.1 Å². The fourth-order valence-electron chi connectivity index (χ4n) is 2.54. The van der Waals surface area contributed by atoms with Gasteiger partial charge >= 0.3 is 5.97 Å². The fourth-order valence-corrected chi connectivity index (χ4v) is 3.02. The van der Waals surface area contributed by atoms with E-state index in [-0.39, 0.29) is 5.97 Å². The lowest BCUT2D eigenvalue weighted by Crippen LogP contribution is -2.09. The van der Waals surface area contributed by atoms with Crippen molar-refractivity contribution < 1.29 is 14.3 Å². The third kappa shape index (κ3) is 3.80. The highest BCUT2D eigenvalue weighted by molar-refractivity contribution is 9.10. The predicted molar refractivity (Wildman–Crippen MR) is 90.5 cm³/mol. The maximum atomic E-state index is 11.9. The van der Waals surface area contributed by atoms with Gasteiger partial charge in [0.15, 0.2) is 0 Å². The minimum Gasteiger partial charge on any atom is -0.489 e. The molecule has 118 valence electrons. The number of benzene rings is 1. The number of carbonyl (C=O) groups is 1. The molecule has 0 bridgehead atoms.